The van der Waals surface area contributed by atoms with E-state index >= 15 is 0 Å². The van der Waals surface area contributed by atoms with E-state index in [-0.39, 0.29) is 6.03 Å². The van der Waals surface area contributed by atoms with Crippen molar-refractivity contribution in [2.24, 2.45) is 0 Å². The van der Waals surface area contributed by atoms with Gasteiger partial charge in [-0.05, 0) is 46.7 Å². The number of amides is 2. The summed E-state index contributed by atoms with van der Waals surface area (Å²) in [5, 5.41) is 9.23. The number of nitrogens with zero attached hydrogens (tertiary/aromatic N) is 1. The summed E-state index contributed by atoms with van der Waals surface area (Å²) in [5.41, 5.74) is 1.23. The van der Waals surface area contributed by atoms with Crippen LogP contribution in [0.3, 0.4) is 0 Å². The van der Waals surface area contributed by atoms with Crippen LogP contribution >= 0.6 is 22.7 Å². The molecule has 3 nitrogen and oxygen atoms in total. The first-order valence-corrected chi connectivity index (χ1v) is 8.23. The van der Waals surface area contributed by atoms with Gasteiger partial charge in [-0.2, -0.15) is 11.3 Å². The third kappa shape index (κ3) is 3.36. The van der Waals surface area contributed by atoms with E-state index in [1.807, 2.05) is 22.4 Å². The van der Waals surface area contributed by atoms with Crippen LogP contribution in [0.2, 0.25) is 0 Å². The Balaban J connectivity index is 1.58. The van der Waals surface area contributed by atoms with E-state index in [9.17, 15) is 4.79 Å². The molecule has 1 fully saturated rings. The molecule has 2 aromatic heterocycles. The van der Waals surface area contributed by atoms with Gasteiger partial charge in [0, 0.05) is 17.5 Å². The van der Waals surface area contributed by atoms with Crippen LogP contribution in [0.4, 0.5) is 4.79 Å². The van der Waals surface area contributed by atoms with Crippen molar-refractivity contribution in [3.8, 4) is 0 Å². The normalized spacial score (nSPS) is 14.3. The van der Waals surface area contributed by atoms with Gasteiger partial charge in [-0.1, -0.05) is 6.07 Å². The van der Waals surface area contributed by atoms with Crippen LogP contribution in [0, 0.1) is 0 Å². The zero-order valence-corrected chi connectivity index (χ0v) is 12.2. The topological polar surface area (TPSA) is 32.3 Å². The summed E-state index contributed by atoms with van der Waals surface area (Å²) in [6.45, 7) is 1.35. The van der Waals surface area contributed by atoms with E-state index in [4.69, 9.17) is 0 Å². The number of rotatable bonds is 5. The number of hydrogen-bond acceptors (Lipinski definition) is 3. The van der Waals surface area contributed by atoms with Gasteiger partial charge in [0.15, 0.2) is 0 Å². The summed E-state index contributed by atoms with van der Waals surface area (Å²) in [7, 11) is 0. The second-order valence-electron chi connectivity index (χ2n) is 4.73. The van der Waals surface area contributed by atoms with Crippen molar-refractivity contribution in [1.82, 2.24) is 10.2 Å². The highest BCUT2D eigenvalue weighted by atomic mass is 32.1. The second kappa shape index (κ2) is 5.75. The SMILES string of the molecule is O=C(NCc1cccs1)N(Cc1ccsc1)C1CC1. The molecule has 0 aliphatic heterocycles. The molecule has 0 bridgehead atoms. The lowest BCUT2D eigenvalue weighted by molar-refractivity contribution is 0.191. The Bertz CT molecular complexity index is 518. The van der Waals surface area contributed by atoms with Crippen LogP contribution in [0.1, 0.15) is 23.3 Å². The van der Waals surface area contributed by atoms with E-state index in [0.717, 1.165) is 19.4 Å². The van der Waals surface area contributed by atoms with Crippen LogP contribution in [0.25, 0.3) is 0 Å². The lowest BCUT2D eigenvalue weighted by Crippen LogP contribution is -2.40. The molecule has 0 spiro atoms. The standard InChI is InChI=1S/C14H16N2OS2/c17-14(15-8-13-2-1-6-19-13)16(12-3-4-12)9-11-5-7-18-10-11/h1-2,5-7,10,12H,3-4,8-9H2,(H,15,17). The van der Waals surface area contributed by atoms with Crippen LogP contribution in [0.15, 0.2) is 34.3 Å². The highest BCUT2D eigenvalue weighted by Crippen LogP contribution is 2.28. The third-order valence-corrected chi connectivity index (χ3v) is 4.78. The third-order valence-electron chi connectivity index (χ3n) is 3.18. The highest BCUT2D eigenvalue weighted by molar-refractivity contribution is 7.09. The first kappa shape index (κ1) is 12.7. The van der Waals surface area contributed by atoms with E-state index < -0.39 is 0 Å². The van der Waals surface area contributed by atoms with Gasteiger partial charge in [0.05, 0.1) is 6.54 Å². The molecule has 2 aromatic rings. The molecule has 0 saturated heterocycles. The number of carbonyl (C=O) groups excluding carboxylic acids is 1. The van der Waals surface area contributed by atoms with E-state index in [2.05, 4.69) is 22.1 Å². The number of urea groups is 1. The van der Waals surface area contributed by atoms with Gasteiger partial charge in [0.25, 0.3) is 0 Å². The molecule has 100 valence electrons. The average molecular weight is 292 g/mol. The molecule has 2 heterocycles. The number of carbonyl (C=O) groups is 1. The average Bonchev–Trinajstić information content (AvgIpc) is 2.94. The summed E-state index contributed by atoms with van der Waals surface area (Å²) < 4.78 is 0. The molecule has 2 amide bonds. The molecule has 1 aliphatic rings. The molecule has 1 saturated carbocycles. The van der Waals surface area contributed by atoms with Crippen molar-refractivity contribution in [3.05, 3.63) is 44.8 Å². The Morgan fingerprint density at radius 3 is 2.89 bits per heavy atom. The molecule has 3 rings (SSSR count). The summed E-state index contributed by atoms with van der Waals surface area (Å²) in [6, 6.07) is 6.64. The maximum Gasteiger partial charge on any atom is 0.318 e. The van der Waals surface area contributed by atoms with Gasteiger partial charge in [-0.15, -0.1) is 11.3 Å². The number of nitrogens with one attached hydrogen (secondary N) is 1. The lowest BCUT2D eigenvalue weighted by atomic mass is 10.3. The van der Waals surface area contributed by atoms with Gasteiger partial charge in [-0.3, -0.25) is 0 Å². The molecule has 0 unspecified atom stereocenters. The van der Waals surface area contributed by atoms with Crippen molar-refractivity contribution in [3.63, 3.8) is 0 Å². The highest BCUT2D eigenvalue weighted by Gasteiger charge is 2.32. The smallest absolute Gasteiger partial charge is 0.318 e. The van der Waals surface area contributed by atoms with E-state index in [1.165, 1.54) is 10.4 Å². The van der Waals surface area contributed by atoms with Gasteiger partial charge in [-0.25, -0.2) is 4.79 Å². The molecule has 1 N–H and O–H groups in total. The van der Waals surface area contributed by atoms with Crippen LogP contribution in [0.5, 0.6) is 0 Å². The predicted octanol–water partition coefficient (Wildman–Crippen LogP) is 3.68. The lowest BCUT2D eigenvalue weighted by Gasteiger charge is -2.22. The fourth-order valence-corrected chi connectivity index (χ4v) is 3.31. The molecule has 1 aliphatic carbocycles. The second-order valence-corrected chi connectivity index (χ2v) is 6.54. The number of hydrogen-bond donors (Lipinski definition) is 1. The maximum atomic E-state index is 12.3. The maximum absolute atomic E-state index is 12.3. The zero-order valence-electron chi connectivity index (χ0n) is 10.5. The summed E-state index contributed by atoms with van der Waals surface area (Å²) in [4.78, 5) is 15.4. The van der Waals surface area contributed by atoms with Crippen molar-refractivity contribution in [2.45, 2.75) is 32.0 Å². The van der Waals surface area contributed by atoms with Crippen LogP contribution in [-0.4, -0.2) is 17.0 Å². The Kier molecular flexibility index (Phi) is 3.84. The fraction of sp³-hybridized carbons (Fsp3) is 0.357. The molecule has 19 heavy (non-hydrogen) atoms. The van der Waals surface area contributed by atoms with Gasteiger partial charge in [0.1, 0.15) is 0 Å². The first-order valence-electron chi connectivity index (χ1n) is 6.41. The molecule has 0 aromatic carbocycles. The van der Waals surface area contributed by atoms with Gasteiger partial charge < -0.3 is 10.2 Å². The minimum atomic E-state index is 0.0575. The van der Waals surface area contributed by atoms with Crippen molar-refractivity contribution in [2.75, 3.05) is 0 Å². The van der Waals surface area contributed by atoms with E-state index in [1.54, 1.807) is 22.7 Å². The molecular weight excluding hydrogens is 276 g/mol. The Morgan fingerprint density at radius 1 is 1.37 bits per heavy atom. The van der Waals surface area contributed by atoms with Gasteiger partial charge >= 0.3 is 6.03 Å². The summed E-state index contributed by atoms with van der Waals surface area (Å²) in [6.07, 6.45) is 2.27. The molecule has 0 radical (unpaired) electrons. The number of thiophene rings is 2. The minimum Gasteiger partial charge on any atom is -0.333 e. The Morgan fingerprint density at radius 2 is 2.26 bits per heavy atom. The van der Waals surface area contributed by atoms with Crippen molar-refractivity contribution >= 4 is 28.7 Å². The van der Waals surface area contributed by atoms with Gasteiger partial charge in [0.2, 0.25) is 0 Å². The molecular formula is C14H16N2OS2. The summed E-state index contributed by atoms with van der Waals surface area (Å²) >= 11 is 3.35. The van der Waals surface area contributed by atoms with E-state index in [0.29, 0.717) is 12.6 Å². The Labute approximate surface area is 120 Å². The monoisotopic (exact) mass is 292 g/mol. The minimum absolute atomic E-state index is 0.0575. The quantitative estimate of drug-likeness (QED) is 0.895. The Hall–Kier alpha value is -1.33. The fourth-order valence-electron chi connectivity index (χ4n) is 2.01. The largest absolute Gasteiger partial charge is 0.333 e. The zero-order chi connectivity index (χ0) is 13.1. The van der Waals surface area contributed by atoms with Crippen molar-refractivity contribution in [1.29, 1.82) is 0 Å². The predicted molar refractivity (Wildman–Crippen MR) is 79.4 cm³/mol. The van der Waals surface area contributed by atoms with Crippen molar-refractivity contribution < 1.29 is 4.79 Å². The summed E-state index contributed by atoms with van der Waals surface area (Å²) in [5.74, 6) is 0. The van der Waals surface area contributed by atoms with Crippen LogP contribution in [-0.2, 0) is 13.1 Å². The molecule has 0 atom stereocenters. The molecule has 5 heteroatoms. The first-order chi connectivity index (χ1) is 9.33. The van der Waals surface area contributed by atoms with Crippen LogP contribution < -0.4 is 5.32 Å².